The van der Waals surface area contributed by atoms with E-state index in [1.807, 2.05) is 24.3 Å². The van der Waals surface area contributed by atoms with Crippen LogP contribution >= 0.6 is 11.8 Å². The number of ether oxygens (including phenoxy) is 1. The number of rotatable bonds is 6. The van der Waals surface area contributed by atoms with Gasteiger partial charge in [-0.3, -0.25) is 4.79 Å². The van der Waals surface area contributed by atoms with Crippen molar-refractivity contribution in [2.75, 3.05) is 24.3 Å². The van der Waals surface area contributed by atoms with E-state index in [2.05, 4.69) is 20.3 Å². The van der Waals surface area contributed by atoms with Crippen LogP contribution in [0.4, 0.5) is 11.9 Å². The summed E-state index contributed by atoms with van der Waals surface area (Å²) in [5.74, 6) is 0.786. The molecule has 5 N–H and O–H groups in total. The highest BCUT2D eigenvalue weighted by molar-refractivity contribution is 7.99. The van der Waals surface area contributed by atoms with E-state index in [0.717, 1.165) is 23.1 Å². The summed E-state index contributed by atoms with van der Waals surface area (Å²) in [7, 11) is 1.59. The molecule has 0 saturated heterocycles. The number of anilines is 2. The third kappa shape index (κ3) is 4.48. The lowest BCUT2D eigenvalue weighted by atomic mass is 10.2. The van der Waals surface area contributed by atoms with Crippen molar-refractivity contribution in [2.45, 2.75) is 11.7 Å². The zero-order valence-corrected chi connectivity index (χ0v) is 12.8. The maximum absolute atomic E-state index is 11.9. The molecule has 2 aromatic rings. The normalized spacial score (nSPS) is 10.2. The molecule has 22 heavy (non-hydrogen) atoms. The van der Waals surface area contributed by atoms with Gasteiger partial charge in [-0.15, -0.1) is 0 Å². The fourth-order valence-corrected chi connectivity index (χ4v) is 2.36. The molecule has 2 rings (SSSR count). The Morgan fingerprint density at radius 3 is 2.59 bits per heavy atom. The number of amides is 1. The number of hydrogen-bond donors (Lipinski definition) is 3. The first-order valence-electron chi connectivity index (χ1n) is 6.37. The molecule has 0 atom stereocenters. The molecule has 0 aliphatic carbocycles. The van der Waals surface area contributed by atoms with E-state index in [1.54, 1.807) is 7.11 Å². The van der Waals surface area contributed by atoms with Gasteiger partial charge in [0.05, 0.1) is 12.9 Å². The molecule has 0 fully saturated rings. The number of nitrogen functional groups attached to an aromatic ring is 2. The van der Waals surface area contributed by atoms with E-state index in [9.17, 15) is 4.79 Å². The summed E-state index contributed by atoms with van der Waals surface area (Å²) >= 11 is 1.14. The zero-order valence-electron chi connectivity index (χ0n) is 11.9. The van der Waals surface area contributed by atoms with Crippen LogP contribution < -0.4 is 21.5 Å². The lowest BCUT2D eigenvalue weighted by molar-refractivity contribution is -0.118. The quantitative estimate of drug-likeness (QED) is 0.654. The number of nitrogens with two attached hydrogens (primary N) is 2. The van der Waals surface area contributed by atoms with Crippen LogP contribution in [-0.2, 0) is 11.3 Å². The predicted octanol–water partition coefficient (Wildman–Crippen LogP) is 0.453. The number of aromatic nitrogens is 3. The maximum Gasteiger partial charge on any atom is 0.230 e. The number of nitrogens with zero attached hydrogens (tertiary/aromatic N) is 3. The van der Waals surface area contributed by atoms with Crippen molar-refractivity contribution in [2.24, 2.45) is 0 Å². The Labute approximate surface area is 131 Å². The van der Waals surface area contributed by atoms with Gasteiger partial charge in [0, 0.05) is 12.1 Å². The van der Waals surface area contributed by atoms with Crippen molar-refractivity contribution in [3.63, 3.8) is 0 Å². The van der Waals surface area contributed by atoms with Gasteiger partial charge < -0.3 is 21.5 Å². The van der Waals surface area contributed by atoms with Crippen molar-refractivity contribution >= 4 is 29.6 Å². The van der Waals surface area contributed by atoms with Gasteiger partial charge in [-0.2, -0.15) is 15.0 Å². The first-order chi connectivity index (χ1) is 10.6. The minimum absolute atomic E-state index is 0.0319. The number of carbonyl (C=O) groups is 1. The summed E-state index contributed by atoms with van der Waals surface area (Å²) < 4.78 is 5.22. The van der Waals surface area contributed by atoms with E-state index in [-0.39, 0.29) is 23.6 Å². The fourth-order valence-electron chi connectivity index (χ4n) is 1.68. The van der Waals surface area contributed by atoms with Crippen LogP contribution in [0.3, 0.4) is 0 Å². The van der Waals surface area contributed by atoms with Crippen LogP contribution in [-0.4, -0.2) is 33.7 Å². The van der Waals surface area contributed by atoms with Crippen LogP contribution in [0.2, 0.25) is 0 Å². The van der Waals surface area contributed by atoms with Gasteiger partial charge in [-0.1, -0.05) is 30.0 Å². The number of thioether (sulfide) groups is 1. The first kappa shape index (κ1) is 15.8. The monoisotopic (exact) mass is 320 g/mol. The number of para-hydroxylation sites is 1. The molecule has 116 valence electrons. The molecule has 0 unspecified atom stereocenters. The number of nitrogens with one attached hydrogen (secondary N) is 1. The van der Waals surface area contributed by atoms with E-state index >= 15 is 0 Å². The maximum atomic E-state index is 11.9. The third-order valence-electron chi connectivity index (χ3n) is 2.65. The summed E-state index contributed by atoms with van der Waals surface area (Å²) in [5, 5.41) is 3.12. The molecule has 0 saturated carbocycles. The first-order valence-corrected chi connectivity index (χ1v) is 7.35. The van der Waals surface area contributed by atoms with Gasteiger partial charge >= 0.3 is 0 Å². The number of benzene rings is 1. The second kappa shape index (κ2) is 7.46. The molecular formula is C13H16N6O2S. The molecule has 0 spiro atoms. The summed E-state index contributed by atoms with van der Waals surface area (Å²) in [5.41, 5.74) is 11.8. The van der Waals surface area contributed by atoms with E-state index < -0.39 is 0 Å². The second-order valence-electron chi connectivity index (χ2n) is 4.21. The molecule has 0 bridgehead atoms. The number of hydrogen-bond acceptors (Lipinski definition) is 8. The van der Waals surface area contributed by atoms with Crippen molar-refractivity contribution in [1.29, 1.82) is 0 Å². The SMILES string of the molecule is COc1ccccc1CNC(=O)CSc1nc(N)nc(N)n1. The largest absolute Gasteiger partial charge is 0.496 e. The topological polar surface area (TPSA) is 129 Å². The fraction of sp³-hybridized carbons (Fsp3) is 0.231. The third-order valence-corrected chi connectivity index (χ3v) is 3.50. The van der Waals surface area contributed by atoms with Crippen molar-refractivity contribution in [3.05, 3.63) is 29.8 Å². The molecule has 0 aliphatic rings. The Bertz CT molecular complexity index is 646. The Balaban J connectivity index is 1.85. The zero-order chi connectivity index (χ0) is 15.9. The second-order valence-corrected chi connectivity index (χ2v) is 5.15. The molecular weight excluding hydrogens is 304 g/mol. The van der Waals surface area contributed by atoms with E-state index in [0.29, 0.717) is 11.7 Å². The van der Waals surface area contributed by atoms with Gasteiger partial charge in [0.15, 0.2) is 5.16 Å². The van der Waals surface area contributed by atoms with E-state index in [1.165, 1.54) is 0 Å². The average Bonchev–Trinajstić information content (AvgIpc) is 2.50. The van der Waals surface area contributed by atoms with Crippen LogP contribution in [0.25, 0.3) is 0 Å². The minimum atomic E-state index is -0.159. The van der Waals surface area contributed by atoms with Crippen LogP contribution in [0.5, 0.6) is 5.75 Å². The summed E-state index contributed by atoms with van der Waals surface area (Å²) in [6.07, 6.45) is 0. The predicted molar refractivity (Wildman–Crippen MR) is 84.2 cm³/mol. The highest BCUT2D eigenvalue weighted by Gasteiger charge is 2.08. The molecule has 0 aliphatic heterocycles. The Morgan fingerprint density at radius 2 is 1.91 bits per heavy atom. The van der Waals surface area contributed by atoms with Crippen LogP contribution in [0, 0.1) is 0 Å². The van der Waals surface area contributed by atoms with Gasteiger partial charge in [0.2, 0.25) is 17.8 Å². The minimum Gasteiger partial charge on any atom is -0.496 e. The summed E-state index contributed by atoms with van der Waals surface area (Å²) in [6, 6.07) is 7.48. The molecule has 1 amide bonds. The average molecular weight is 320 g/mol. The highest BCUT2D eigenvalue weighted by Crippen LogP contribution is 2.17. The lowest BCUT2D eigenvalue weighted by Crippen LogP contribution is -2.25. The smallest absolute Gasteiger partial charge is 0.230 e. The van der Waals surface area contributed by atoms with E-state index in [4.69, 9.17) is 16.2 Å². The summed E-state index contributed by atoms with van der Waals surface area (Å²) in [6.45, 7) is 0.380. The Kier molecular flexibility index (Phi) is 5.37. The number of methoxy groups -OCH3 is 1. The number of carbonyl (C=O) groups excluding carboxylic acids is 1. The molecule has 9 heteroatoms. The van der Waals surface area contributed by atoms with Gasteiger partial charge in [-0.25, -0.2) is 0 Å². The van der Waals surface area contributed by atoms with Crippen LogP contribution in [0.1, 0.15) is 5.56 Å². The van der Waals surface area contributed by atoms with Crippen LogP contribution in [0.15, 0.2) is 29.4 Å². The molecule has 8 nitrogen and oxygen atoms in total. The van der Waals surface area contributed by atoms with Crippen molar-refractivity contribution in [3.8, 4) is 5.75 Å². The molecule has 0 radical (unpaired) electrons. The molecule has 1 heterocycles. The Hall–Kier alpha value is -2.55. The highest BCUT2D eigenvalue weighted by atomic mass is 32.2. The summed E-state index contributed by atoms with van der Waals surface area (Å²) in [4.78, 5) is 23.3. The van der Waals surface area contributed by atoms with Gasteiger partial charge in [0.1, 0.15) is 5.75 Å². The lowest BCUT2D eigenvalue weighted by Gasteiger charge is -2.09. The van der Waals surface area contributed by atoms with Gasteiger partial charge in [0.25, 0.3) is 0 Å². The standard InChI is InChI=1S/C13H16N6O2S/c1-21-9-5-3-2-4-8(9)6-16-10(20)7-22-13-18-11(14)17-12(15)19-13/h2-5H,6-7H2,1H3,(H,16,20)(H4,14,15,17,18,19). The van der Waals surface area contributed by atoms with Crippen molar-refractivity contribution in [1.82, 2.24) is 20.3 Å². The molecule has 1 aromatic heterocycles. The van der Waals surface area contributed by atoms with Gasteiger partial charge in [-0.05, 0) is 6.07 Å². The Morgan fingerprint density at radius 1 is 1.23 bits per heavy atom. The van der Waals surface area contributed by atoms with Crippen molar-refractivity contribution < 1.29 is 9.53 Å². The molecule has 1 aromatic carbocycles.